The monoisotopic (exact) mass is 432 g/mol. The van der Waals surface area contributed by atoms with E-state index in [0.717, 1.165) is 0 Å². The fraction of sp³-hybridized carbons (Fsp3) is 0.333. The number of hydrogen-bond acceptors (Lipinski definition) is 7. The molecule has 1 aliphatic rings. The number of rotatable bonds is 8. The summed E-state index contributed by atoms with van der Waals surface area (Å²) in [6, 6.07) is 10.5. The molecule has 9 heteroatoms. The van der Waals surface area contributed by atoms with Gasteiger partial charge in [-0.3, -0.25) is 9.59 Å². The van der Waals surface area contributed by atoms with Crippen LogP contribution in [0.5, 0.6) is 23.0 Å². The average molecular weight is 432 g/mol. The van der Waals surface area contributed by atoms with Gasteiger partial charge < -0.3 is 29.6 Å². The summed E-state index contributed by atoms with van der Waals surface area (Å²) in [5.74, 6) is 1.77. The number of para-hydroxylation sites is 2. The third-order valence-electron chi connectivity index (χ3n) is 4.35. The second-order valence-electron chi connectivity index (χ2n) is 6.45. The lowest BCUT2D eigenvalue weighted by Crippen LogP contribution is -2.40. The highest BCUT2D eigenvalue weighted by Crippen LogP contribution is 2.37. The Hall–Kier alpha value is -3.07. The summed E-state index contributed by atoms with van der Waals surface area (Å²) in [7, 11) is 2.94. The van der Waals surface area contributed by atoms with Crippen LogP contribution in [0, 0.1) is 0 Å². The Morgan fingerprint density at radius 3 is 2.63 bits per heavy atom. The van der Waals surface area contributed by atoms with Gasteiger partial charge in [-0.2, -0.15) is 11.8 Å². The van der Waals surface area contributed by atoms with Crippen LogP contribution in [0.4, 0.5) is 5.69 Å². The summed E-state index contributed by atoms with van der Waals surface area (Å²) in [4.78, 5) is 24.8. The van der Waals surface area contributed by atoms with Gasteiger partial charge in [0.15, 0.2) is 23.0 Å². The molecule has 3 rings (SSSR count). The van der Waals surface area contributed by atoms with Gasteiger partial charge in [0.05, 0.1) is 32.2 Å². The maximum absolute atomic E-state index is 12.7. The first-order valence-electron chi connectivity index (χ1n) is 9.27. The third-order valence-corrected chi connectivity index (χ3v) is 4.90. The van der Waals surface area contributed by atoms with Crippen molar-refractivity contribution in [2.75, 3.05) is 44.7 Å². The number of fused-ring (bicyclic) bond motifs is 1. The minimum absolute atomic E-state index is 0.202. The van der Waals surface area contributed by atoms with Crippen molar-refractivity contribution in [1.29, 1.82) is 0 Å². The van der Waals surface area contributed by atoms with Gasteiger partial charge in [0, 0.05) is 5.56 Å². The van der Waals surface area contributed by atoms with Crippen LogP contribution in [0.1, 0.15) is 10.4 Å². The van der Waals surface area contributed by atoms with Gasteiger partial charge in [0.25, 0.3) is 5.91 Å². The third kappa shape index (κ3) is 5.10. The van der Waals surface area contributed by atoms with Gasteiger partial charge >= 0.3 is 0 Å². The summed E-state index contributed by atoms with van der Waals surface area (Å²) < 4.78 is 22.2. The first kappa shape index (κ1) is 21.6. The number of methoxy groups -OCH3 is 2. The molecule has 0 saturated carbocycles. The zero-order chi connectivity index (χ0) is 21.5. The van der Waals surface area contributed by atoms with Gasteiger partial charge in [-0.25, -0.2) is 0 Å². The Balaban J connectivity index is 1.71. The standard InChI is InChI=1S/C21H24N2O6S/c1-26-18-9-13(8-15(20(18)27-2)23-19(24)12-30-3)21(25)22-10-14-11-28-16-6-4-5-7-17(16)29-14/h4-9,14H,10-12H2,1-3H3,(H,22,25)(H,23,24). The number of anilines is 1. The first-order valence-corrected chi connectivity index (χ1v) is 10.7. The summed E-state index contributed by atoms with van der Waals surface area (Å²) in [6.45, 7) is 0.592. The summed E-state index contributed by atoms with van der Waals surface area (Å²) in [5.41, 5.74) is 0.691. The molecule has 0 spiro atoms. The number of benzene rings is 2. The summed E-state index contributed by atoms with van der Waals surface area (Å²) in [5, 5.41) is 5.60. The number of hydrogen-bond donors (Lipinski definition) is 2. The molecule has 2 N–H and O–H groups in total. The highest BCUT2D eigenvalue weighted by molar-refractivity contribution is 7.99. The number of ether oxygens (including phenoxy) is 4. The van der Waals surface area contributed by atoms with Crippen molar-refractivity contribution < 1.29 is 28.5 Å². The Labute approximate surface area is 179 Å². The van der Waals surface area contributed by atoms with E-state index < -0.39 is 0 Å². The molecule has 160 valence electrons. The minimum Gasteiger partial charge on any atom is -0.493 e. The molecular weight excluding hydrogens is 408 g/mol. The summed E-state index contributed by atoms with van der Waals surface area (Å²) >= 11 is 1.39. The number of nitrogens with one attached hydrogen (secondary N) is 2. The molecule has 0 radical (unpaired) electrons. The first-order chi connectivity index (χ1) is 14.5. The van der Waals surface area contributed by atoms with Gasteiger partial charge in [-0.15, -0.1) is 0 Å². The van der Waals surface area contributed by atoms with E-state index in [2.05, 4.69) is 10.6 Å². The molecule has 2 aromatic rings. The van der Waals surface area contributed by atoms with Crippen LogP contribution in [0.2, 0.25) is 0 Å². The normalized spacial score (nSPS) is 14.6. The number of amides is 2. The largest absolute Gasteiger partial charge is 0.493 e. The number of carbonyl (C=O) groups excluding carboxylic acids is 2. The average Bonchev–Trinajstić information content (AvgIpc) is 2.76. The molecule has 0 fully saturated rings. The minimum atomic E-state index is -0.334. The maximum atomic E-state index is 12.7. The van der Waals surface area contributed by atoms with E-state index in [-0.39, 0.29) is 30.2 Å². The SMILES string of the molecule is COc1cc(C(=O)NCC2COc3ccccc3O2)cc(NC(=O)CSC)c1OC. The van der Waals surface area contributed by atoms with Crippen LogP contribution in [0.25, 0.3) is 0 Å². The molecule has 2 aromatic carbocycles. The van der Waals surface area contributed by atoms with E-state index in [1.165, 1.54) is 26.0 Å². The fourth-order valence-electron chi connectivity index (χ4n) is 2.98. The molecule has 0 aliphatic carbocycles. The van der Waals surface area contributed by atoms with Gasteiger partial charge in [-0.05, 0) is 30.5 Å². The molecule has 2 amide bonds. The van der Waals surface area contributed by atoms with Crippen LogP contribution >= 0.6 is 11.8 Å². The maximum Gasteiger partial charge on any atom is 0.251 e. The molecule has 1 unspecified atom stereocenters. The Morgan fingerprint density at radius 2 is 1.93 bits per heavy atom. The lowest BCUT2D eigenvalue weighted by molar-refractivity contribution is -0.113. The summed E-state index contributed by atoms with van der Waals surface area (Å²) in [6.07, 6.45) is 1.52. The molecule has 1 heterocycles. The molecule has 0 aromatic heterocycles. The predicted molar refractivity (Wildman–Crippen MR) is 115 cm³/mol. The van der Waals surface area contributed by atoms with E-state index in [1.807, 2.05) is 30.5 Å². The lowest BCUT2D eigenvalue weighted by Gasteiger charge is -2.26. The van der Waals surface area contributed by atoms with Crippen molar-refractivity contribution in [2.24, 2.45) is 0 Å². The van der Waals surface area contributed by atoms with E-state index in [9.17, 15) is 9.59 Å². The van der Waals surface area contributed by atoms with E-state index in [1.54, 1.807) is 12.1 Å². The smallest absolute Gasteiger partial charge is 0.251 e. The topological polar surface area (TPSA) is 95.1 Å². The number of carbonyl (C=O) groups is 2. The molecule has 0 bridgehead atoms. The van der Waals surface area contributed by atoms with Crippen LogP contribution in [-0.2, 0) is 4.79 Å². The Morgan fingerprint density at radius 1 is 1.17 bits per heavy atom. The molecule has 8 nitrogen and oxygen atoms in total. The van der Waals surface area contributed by atoms with Crippen molar-refractivity contribution in [1.82, 2.24) is 5.32 Å². The van der Waals surface area contributed by atoms with Crippen molar-refractivity contribution in [3.8, 4) is 23.0 Å². The van der Waals surface area contributed by atoms with Crippen molar-refractivity contribution in [2.45, 2.75) is 6.10 Å². The molecule has 30 heavy (non-hydrogen) atoms. The van der Waals surface area contributed by atoms with Crippen molar-refractivity contribution >= 4 is 29.3 Å². The Kier molecular flexibility index (Phi) is 7.29. The molecule has 0 saturated heterocycles. The van der Waals surface area contributed by atoms with Crippen molar-refractivity contribution in [3.05, 3.63) is 42.0 Å². The quantitative estimate of drug-likeness (QED) is 0.662. The van der Waals surface area contributed by atoms with Gasteiger partial charge in [0.2, 0.25) is 5.91 Å². The molecule has 1 atom stereocenters. The molecule has 1 aliphatic heterocycles. The predicted octanol–water partition coefficient (Wildman–Crippen LogP) is 2.58. The second-order valence-corrected chi connectivity index (χ2v) is 7.31. The molecular formula is C21H24N2O6S. The van der Waals surface area contributed by atoms with E-state index in [4.69, 9.17) is 18.9 Å². The van der Waals surface area contributed by atoms with E-state index in [0.29, 0.717) is 40.9 Å². The van der Waals surface area contributed by atoms with Crippen LogP contribution in [0.3, 0.4) is 0 Å². The fourth-order valence-corrected chi connectivity index (χ4v) is 3.31. The van der Waals surface area contributed by atoms with Crippen LogP contribution in [0.15, 0.2) is 36.4 Å². The van der Waals surface area contributed by atoms with Crippen LogP contribution in [-0.4, -0.2) is 57.3 Å². The van der Waals surface area contributed by atoms with Gasteiger partial charge in [-0.1, -0.05) is 12.1 Å². The number of thioether (sulfide) groups is 1. The zero-order valence-corrected chi connectivity index (χ0v) is 17.8. The highest BCUT2D eigenvalue weighted by Gasteiger charge is 2.22. The highest BCUT2D eigenvalue weighted by atomic mass is 32.2. The van der Waals surface area contributed by atoms with Crippen molar-refractivity contribution in [3.63, 3.8) is 0 Å². The van der Waals surface area contributed by atoms with Gasteiger partial charge in [0.1, 0.15) is 12.7 Å². The Bertz CT molecular complexity index is 920. The van der Waals surface area contributed by atoms with Crippen LogP contribution < -0.4 is 29.6 Å². The second kappa shape index (κ2) is 10.1. The zero-order valence-electron chi connectivity index (χ0n) is 17.0. The van der Waals surface area contributed by atoms with E-state index >= 15 is 0 Å². The lowest BCUT2D eigenvalue weighted by atomic mass is 10.1.